The second kappa shape index (κ2) is 35.5. The van der Waals surface area contributed by atoms with Crippen LogP contribution in [0.5, 0.6) is 23.3 Å². The number of pyridine rings is 2. The molecular weight excluding hydrogens is 1420 g/mol. The van der Waals surface area contributed by atoms with Crippen molar-refractivity contribution in [2.45, 2.75) is 126 Å². The van der Waals surface area contributed by atoms with E-state index in [-0.39, 0.29) is 269 Å². The van der Waals surface area contributed by atoms with E-state index in [4.69, 9.17) is 36.1 Å². The summed E-state index contributed by atoms with van der Waals surface area (Å²) in [5, 5.41) is 39.1. The van der Waals surface area contributed by atoms with Crippen LogP contribution in [0.15, 0.2) is 107 Å². The molecule has 0 radical (unpaired) electrons. The van der Waals surface area contributed by atoms with Gasteiger partial charge in [-0.1, -0.05) is 37.6 Å². The van der Waals surface area contributed by atoms with E-state index in [1.54, 1.807) is 6.20 Å². The Labute approximate surface area is 651 Å². The molecule has 2 aliphatic heterocycles. The van der Waals surface area contributed by atoms with Crippen molar-refractivity contribution < 1.29 is 192 Å². The summed E-state index contributed by atoms with van der Waals surface area (Å²) in [5.74, 6) is -0.415. The Kier molecular flexibility index (Phi) is 32.7. The van der Waals surface area contributed by atoms with Crippen LogP contribution < -0.4 is 137 Å². The van der Waals surface area contributed by atoms with Gasteiger partial charge < -0.3 is 41.5 Å². The minimum atomic E-state index is -4.30. The van der Waals surface area contributed by atoms with E-state index in [9.17, 15) is 63.0 Å². The largest absolute Gasteiger partial charge is 1.00 e. The van der Waals surface area contributed by atoms with Gasteiger partial charge in [-0.15, -0.1) is 22.6 Å². The molecule has 4 fully saturated rings. The van der Waals surface area contributed by atoms with Crippen LogP contribution in [0.25, 0.3) is 11.6 Å². The number of phenols is 2. The molecule has 4 aromatic heterocycles. The zero-order valence-corrected chi connectivity index (χ0v) is 63.8. The first-order valence-corrected chi connectivity index (χ1v) is 31.0. The third-order valence-electron chi connectivity index (χ3n) is 15.2. The van der Waals surface area contributed by atoms with E-state index in [0.29, 0.717) is 17.9 Å². The maximum absolute atomic E-state index is 13.4. The molecule has 5 N–H and O–H groups in total. The summed E-state index contributed by atoms with van der Waals surface area (Å²) < 4.78 is 147. The first-order chi connectivity index (χ1) is 41.5. The minimum absolute atomic E-state index is 0. The Morgan fingerprint density at radius 2 is 1.14 bits per heavy atom. The van der Waals surface area contributed by atoms with Gasteiger partial charge in [-0.05, 0) is 146 Å². The van der Waals surface area contributed by atoms with Crippen molar-refractivity contribution in [3.63, 3.8) is 0 Å². The number of hydrogen-bond donors (Lipinski definition) is 5. The van der Waals surface area contributed by atoms with Gasteiger partial charge >= 0.3 is 115 Å². The summed E-state index contributed by atoms with van der Waals surface area (Å²) >= 11 is 6.08. The van der Waals surface area contributed by atoms with Crippen molar-refractivity contribution in [1.82, 2.24) is 44.3 Å². The second-order valence-corrected chi connectivity index (χ2v) is 27.1. The Bertz CT molecular complexity index is 3770. The third-order valence-corrected chi connectivity index (χ3v) is 18.2. The molecule has 37 heteroatoms. The van der Waals surface area contributed by atoms with Gasteiger partial charge in [0.15, 0.2) is 11.6 Å². The fraction of sp³-hybridized carbons (Fsp3) is 0.456. The number of anilines is 1. The van der Waals surface area contributed by atoms with Crippen molar-refractivity contribution >= 4 is 95.2 Å². The zero-order chi connectivity index (χ0) is 65.5. The fourth-order valence-electron chi connectivity index (χ4n) is 10.2. The summed E-state index contributed by atoms with van der Waals surface area (Å²) in [6.07, 6.45) is -3.33. The van der Waals surface area contributed by atoms with Gasteiger partial charge in [-0.2, -0.15) is 53.3 Å². The molecule has 0 unspecified atom stereocenters. The first-order valence-electron chi connectivity index (χ1n) is 27.7. The van der Waals surface area contributed by atoms with Gasteiger partial charge in [0.05, 0.1) is 45.0 Å². The Morgan fingerprint density at radius 3 is 1.48 bits per heavy atom. The van der Waals surface area contributed by atoms with Crippen LogP contribution in [0.2, 0.25) is 5.15 Å². The van der Waals surface area contributed by atoms with Gasteiger partial charge in [0.2, 0.25) is 11.8 Å². The number of phenolic OH excluding ortho intramolecular Hbond substituents is 2. The minimum Gasteiger partial charge on any atom is -1.00 e. The SMILES string of the molecule is C[C@@H]1CN(c2nc(-n3ccc(OCCC4(C(F)(F)F)CC4)n3)ccc2C(=O)NS(=O)(=O)c2cccc(O)c2)C(C)(C)C1.C[C@@H]1CNC(C)(C)C1.Cl.O=C(NS(=O)(=O)c1cccc(O)c1)c1ccc(-n2ccc(OCCC3(C(F)(F)F)CC3)n2)nc1Cl.O=CO[O-].S.S.[H-].[K+].[K+]. The van der Waals surface area contributed by atoms with Gasteiger partial charge in [0.1, 0.15) is 22.5 Å². The number of aromatic hydroxyl groups is 2. The van der Waals surface area contributed by atoms with E-state index in [0.717, 1.165) is 24.5 Å². The second-order valence-electron chi connectivity index (χ2n) is 23.4. The van der Waals surface area contributed by atoms with Crippen molar-refractivity contribution in [3.8, 4) is 34.9 Å². The van der Waals surface area contributed by atoms with Gasteiger partial charge in [-0.3, -0.25) is 14.4 Å². The number of carbonyl (C=O) groups is 3. The first kappa shape index (κ1) is 86.6. The molecule has 23 nitrogen and oxygen atoms in total. The molecule has 10 rings (SSSR count). The number of sulfonamides is 2. The average molecular weight is 1500 g/mol. The molecule has 0 spiro atoms. The molecule has 2 saturated carbocycles. The molecule has 2 aliphatic carbocycles. The standard InChI is InChI=1S/C28H32F3N5O5S.C21H18ClF3N4O5S.C7H15N.CH2O3.ClH.2K.2H2S.H/c1-18-16-26(2,3)35(17-18)24-21(25(38)34-42(39,40)20-6-4-5-19(37)15-20)7-8-22(32-24)36-13-9-23(33-36)41-14-12-27(10-11-27)28(29,30)31;22-18-15(19(31)28-35(32,33)14-3-1-2-13(30)12-14)4-5-16(26-18)29-10-6-17(27-29)34-11-9-20(7-8-20)21(23,24)25;1-6-4-7(2,3)8-5-6;2-1-4-3;;;;;;/h4-9,13,15,18,37H,10-12,14,16-17H2,1-3H3,(H,34,38);1-6,10,12,30H,7-9,11H2,(H,28,31);6,8H,4-5H2,1-3H3;1,3H;1H;;;2*1H2;/q;;;;;2*+1;;;-1/p-1/t18-;;6-;;;;;;;/m0.0......./s1. The molecular formula is C57H72Cl2F6K2N10O13S4. The number of halogens is 8. The normalized spacial score (nSPS) is 17.5. The number of rotatable bonds is 18. The smallest absolute Gasteiger partial charge is 1.00 e. The maximum Gasteiger partial charge on any atom is 1.00 e. The van der Waals surface area contributed by atoms with Crippen molar-refractivity contribution in [1.29, 1.82) is 0 Å². The Hall–Kier alpha value is -3.48. The summed E-state index contributed by atoms with van der Waals surface area (Å²) in [4.78, 5) is 47.2. The number of ether oxygens (including phenoxy) is 2. The van der Waals surface area contributed by atoms with Gasteiger partial charge in [0, 0.05) is 54.3 Å². The molecule has 6 aromatic rings. The fourth-order valence-corrected chi connectivity index (χ4v) is 12.5. The van der Waals surface area contributed by atoms with E-state index in [1.807, 2.05) is 23.5 Å². The quantitative estimate of drug-likeness (QED) is 0.0206. The monoisotopic (exact) mass is 1490 g/mol. The van der Waals surface area contributed by atoms with Gasteiger partial charge in [0.25, 0.3) is 38.3 Å². The number of nitrogens with one attached hydrogen (secondary N) is 3. The molecule has 2 atom stereocenters. The number of amides is 2. The van der Waals surface area contributed by atoms with Crippen molar-refractivity contribution in [3.05, 3.63) is 114 Å². The van der Waals surface area contributed by atoms with E-state index < -0.39 is 60.6 Å². The zero-order valence-electron chi connectivity index (χ0n) is 53.3. The van der Waals surface area contributed by atoms with Crippen LogP contribution in [0.4, 0.5) is 32.2 Å². The van der Waals surface area contributed by atoms with E-state index in [2.05, 4.69) is 57.8 Å². The number of nitrogens with zero attached hydrogens (tertiary/aromatic N) is 7. The van der Waals surface area contributed by atoms with Crippen molar-refractivity contribution in [2.75, 3.05) is 31.2 Å². The third kappa shape index (κ3) is 23.0. The molecule has 2 amide bonds. The van der Waals surface area contributed by atoms with Crippen LogP contribution in [0.1, 0.15) is 115 Å². The number of carbonyl (C=O) groups excluding carboxylic acids is 3. The molecule has 0 bridgehead atoms. The van der Waals surface area contributed by atoms with Crippen LogP contribution in [0.3, 0.4) is 0 Å². The summed E-state index contributed by atoms with van der Waals surface area (Å²) in [6.45, 7) is 14.2. The number of benzene rings is 2. The number of alkyl halides is 6. The van der Waals surface area contributed by atoms with E-state index >= 15 is 0 Å². The molecule has 94 heavy (non-hydrogen) atoms. The Balaban J connectivity index is 0.000000772. The van der Waals surface area contributed by atoms with Crippen LogP contribution >= 0.6 is 51.0 Å². The van der Waals surface area contributed by atoms with Crippen molar-refractivity contribution in [2.24, 2.45) is 22.7 Å². The number of aromatic nitrogens is 6. The molecule has 4 aliphatic rings. The molecule has 2 aromatic carbocycles. The Morgan fingerprint density at radius 1 is 0.713 bits per heavy atom. The predicted octanol–water partition coefficient (Wildman–Crippen LogP) is 3.28. The number of hydrogen-bond acceptors (Lipinski definition) is 19. The topological polar surface area (TPSA) is 311 Å². The summed E-state index contributed by atoms with van der Waals surface area (Å²) in [5.41, 5.74) is -3.54. The van der Waals surface area contributed by atoms with Crippen LogP contribution in [0, 0.1) is 22.7 Å². The summed E-state index contributed by atoms with van der Waals surface area (Å²) in [7, 11) is -8.58. The molecule has 6 heterocycles. The van der Waals surface area contributed by atoms with E-state index in [1.165, 1.54) is 101 Å². The molecule has 2 saturated heterocycles. The summed E-state index contributed by atoms with van der Waals surface area (Å²) in [6, 6.07) is 18.2. The maximum atomic E-state index is 13.4. The van der Waals surface area contributed by atoms with Gasteiger partial charge in [-0.25, -0.2) is 45.6 Å². The van der Waals surface area contributed by atoms with Crippen LogP contribution in [-0.2, 0) is 29.7 Å². The average Bonchev–Trinajstić information content (AvgIpc) is 1.66. The molecule has 510 valence electrons. The van der Waals surface area contributed by atoms with Crippen LogP contribution in [-0.4, -0.2) is 125 Å². The predicted molar refractivity (Wildman–Crippen MR) is 336 cm³/mol.